The summed E-state index contributed by atoms with van der Waals surface area (Å²) >= 11 is 5.98. The molecular weight excluding hydrogens is 440 g/mol. The van der Waals surface area contributed by atoms with Crippen LogP contribution in [0, 0.1) is 6.92 Å². The third kappa shape index (κ3) is 5.51. The molecule has 3 amide bonds. The predicted molar refractivity (Wildman–Crippen MR) is 131 cm³/mol. The van der Waals surface area contributed by atoms with E-state index in [0.717, 1.165) is 5.56 Å². The van der Waals surface area contributed by atoms with Crippen LogP contribution < -0.4 is 20.9 Å². The van der Waals surface area contributed by atoms with Crippen molar-refractivity contribution in [1.82, 2.24) is 0 Å². The zero-order valence-corrected chi connectivity index (χ0v) is 18.7. The van der Waals surface area contributed by atoms with Gasteiger partial charge in [0.05, 0.1) is 17.8 Å². The van der Waals surface area contributed by atoms with E-state index in [0.29, 0.717) is 27.8 Å². The standard InChI is InChI=1S/C25H23ClN4O3/c1-16-9-11-18(12-10-16)27-23(31)14-21-25(33)30(22-8-3-2-7-20(22)29-21)15-24(32)28-19-6-4-5-17(26)13-19/h2-13,21,29H,14-15H2,1H3,(H,27,31)(H,28,32). The molecule has 3 aromatic carbocycles. The number of anilines is 4. The lowest BCUT2D eigenvalue weighted by atomic mass is 10.1. The Morgan fingerprint density at radius 2 is 1.67 bits per heavy atom. The SMILES string of the molecule is Cc1ccc(NC(=O)CC2Nc3ccccc3N(CC(=O)Nc3cccc(Cl)c3)C2=O)cc1. The number of amides is 3. The Morgan fingerprint density at radius 3 is 2.42 bits per heavy atom. The molecule has 4 rings (SSSR count). The summed E-state index contributed by atoms with van der Waals surface area (Å²) in [7, 11) is 0. The van der Waals surface area contributed by atoms with Gasteiger partial charge in [-0.05, 0) is 49.4 Å². The number of nitrogens with zero attached hydrogens (tertiary/aromatic N) is 1. The molecule has 0 saturated carbocycles. The number of nitrogens with one attached hydrogen (secondary N) is 3. The van der Waals surface area contributed by atoms with Gasteiger partial charge in [0.25, 0.3) is 5.91 Å². The van der Waals surface area contributed by atoms with Crippen molar-refractivity contribution in [3.8, 4) is 0 Å². The van der Waals surface area contributed by atoms with E-state index in [1.165, 1.54) is 4.90 Å². The number of aryl methyl sites for hydroxylation is 1. The first-order valence-corrected chi connectivity index (χ1v) is 10.9. The summed E-state index contributed by atoms with van der Waals surface area (Å²) < 4.78 is 0. The topological polar surface area (TPSA) is 90.5 Å². The maximum atomic E-state index is 13.2. The van der Waals surface area contributed by atoms with Crippen molar-refractivity contribution in [3.63, 3.8) is 0 Å². The molecular formula is C25H23ClN4O3. The Labute approximate surface area is 196 Å². The number of para-hydroxylation sites is 2. The number of fused-ring (bicyclic) bond motifs is 1. The number of carbonyl (C=O) groups excluding carboxylic acids is 3. The minimum atomic E-state index is -0.802. The van der Waals surface area contributed by atoms with E-state index in [4.69, 9.17) is 11.6 Å². The molecule has 0 saturated heterocycles. The average Bonchev–Trinajstić information content (AvgIpc) is 2.78. The smallest absolute Gasteiger partial charge is 0.250 e. The zero-order valence-electron chi connectivity index (χ0n) is 18.0. The van der Waals surface area contributed by atoms with Crippen LogP contribution in [-0.2, 0) is 14.4 Å². The highest BCUT2D eigenvalue weighted by atomic mass is 35.5. The van der Waals surface area contributed by atoms with E-state index >= 15 is 0 Å². The molecule has 0 fully saturated rings. The van der Waals surface area contributed by atoms with Gasteiger partial charge in [-0.15, -0.1) is 0 Å². The van der Waals surface area contributed by atoms with Crippen LogP contribution in [0.4, 0.5) is 22.7 Å². The van der Waals surface area contributed by atoms with Crippen LogP contribution in [-0.4, -0.2) is 30.3 Å². The fraction of sp³-hybridized carbons (Fsp3) is 0.160. The quantitative estimate of drug-likeness (QED) is 0.505. The zero-order chi connectivity index (χ0) is 23.4. The summed E-state index contributed by atoms with van der Waals surface area (Å²) in [4.78, 5) is 40.0. The van der Waals surface area contributed by atoms with Gasteiger partial charge in [-0.3, -0.25) is 19.3 Å². The lowest BCUT2D eigenvalue weighted by Gasteiger charge is -2.34. The van der Waals surface area contributed by atoms with Gasteiger partial charge in [0.1, 0.15) is 12.6 Å². The lowest BCUT2D eigenvalue weighted by molar-refractivity contribution is -0.124. The molecule has 0 radical (unpaired) electrons. The van der Waals surface area contributed by atoms with Gasteiger partial charge in [-0.2, -0.15) is 0 Å². The molecule has 0 spiro atoms. The van der Waals surface area contributed by atoms with Crippen molar-refractivity contribution >= 4 is 52.1 Å². The van der Waals surface area contributed by atoms with Crippen molar-refractivity contribution in [2.45, 2.75) is 19.4 Å². The lowest BCUT2D eigenvalue weighted by Crippen LogP contribution is -2.50. The van der Waals surface area contributed by atoms with E-state index in [9.17, 15) is 14.4 Å². The molecule has 1 aliphatic rings. The van der Waals surface area contributed by atoms with E-state index < -0.39 is 6.04 Å². The van der Waals surface area contributed by atoms with Crippen LogP contribution in [0.15, 0.2) is 72.8 Å². The van der Waals surface area contributed by atoms with Gasteiger partial charge in [0.15, 0.2) is 0 Å². The second kappa shape index (κ2) is 9.75. The van der Waals surface area contributed by atoms with Gasteiger partial charge in [-0.1, -0.05) is 47.5 Å². The Kier molecular flexibility index (Phi) is 6.60. The molecule has 0 bridgehead atoms. The van der Waals surface area contributed by atoms with Gasteiger partial charge >= 0.3 is 0 Å². The number of benzene rings is 3. The van der Waals surface area contributed by atoms with Crippen LogP contribution in [0.3, 0.4) is 0 Å². The van der Waals surface area contributed by atoms with Crippen LogP contribution in [0.1, 0.15) is 12.0 Å². The highest BCUT2D eigenvalue weighted by Crippen LogP contribution is 2.32. The molecule has 1 atom stereocenters. The first kappa shape index (κ1) is 22.4. The second-order valence-electron chi connectivity index (χ2n) is 7.82. The van der Waals surface area contributed by atoms with Gasteiger partial charge in [0, 0.05) is 16.4 Å². The maximum absolute atomic E-state index is 13.2. The number of rotatable bonds is 6. The summed E-state index contributed by atoms with van der Waals surface area (Å²) in [5, 5.41) is 9.20. The van der Waals surface area contributed by atoms with Crippen molar-refractivity contribution in [3.05, 3.63) is 83.4 Å². The van der Waals surface area contributed by atoms with E-state index in [1.54, 1.807) is 36.4 Å². The van der Waals surface area contributed by atoms with Crippen LogP contribution in [0.2, 0.25) is 5.02 Å². The number of halogens is 1. The monoisotopic (exact) mass is 462 g/mol. The summed E-state index contributed by atoms with van der Waals surface area (Å²) in [5.74, 6) is -1.02. The summed E-state index contributed by atoms with van der Waals surface area (Å²) in [5.41, 5.74) is 3.55. The van der Waals surface area contributed by atoms with E-state index in [1.807, 2.05) is 43.3 Å². The predicted octanol–water partition coefficient (Wildman–Crippen LogP) is 4.44. The highest BCUT2D eigenvalue weighted by molar-refractivity contribution is 6.30. The molecule has 1 heterocycles. The maximum Gasteiger partial charge on any atom is 0.250 e. The Hall–Kier alpha value is -3.84. The molecule has 1 aliphatic heterocycles. The van der Waals surface area contributed by atoms with Crippen molar-refractivity contribution in [2.24, 2.45) is 0 Å². The first-order chi connectivity index (χ1) is 15.9. The van der Waals surface area contributed by atoms with Gasteiger partial charge in [0.2, 0.25) is 11.8 Å². The van der Waals surface area contributed by atoms with E-state index in [-0.39, 0.29) is 30.7 Å². The Morgan fingerprint density at radius 1 is 0.939 bits per heavy atom. The molecule has 168 valence electrons. The number of carbonyl (C=O) groups is 3. The minimum Gasteiger partial charge on any atom is -0.372 e. The minimum absolute atomic E-state index is 0.0759. The van der Waals surface area contributed by atoms with Crippen LogP contribution in [0.25, 0.3) is 0 Å². The van der Waals surface area contributed by atoms with Crippen LogP contribution >= 0.6 is 11.6 Å². The van der Waals surface area contributed by atoms with E-state index in [2.05, 4.69) is 16.0 Å². The summed E-state index contributed by atoms with van der Waals surface area (Å²) in [6, 6.07) is 20.6. The summed E-state index contributed by atoms with van der Waals surface area (Å²) in [6.45, 7) is 1.77. The third-order valence-electron chi connectivity index (χ3n) is 5.22. The van der Waals surface area contributed by atoms with Crippen molar-refractivity contribution < 1.29 is 14.4 Å². The van der Waals surface area contributed by atoms with Crippen molar-refractivity contribution in [2.75, 3.05) is 27.4 Å². The largest absolute Gasteiger partial charge is 0.372 e. The average molecular weight is 463 g/mol. The molecule has 3 aromatic rings. The molecule has 8 heteroatoms. The number of hydrogen-bond acceptors (Lipinski definition) is 4. The molecule has 0 aliphatic carbocycles. The van der Waals surface area contributed by atoms with Crippen LogP contribution in [0.5, 0.6) is 0 Å². The van der Waals surface area contributed by atoms with Gasteiger partial charge in [-0.25, -0.2) is 0 Å². The fourth-order valence-electron chi connectivity index (χ4n) is 3.63. The molecule has 0 aromatic heterocycles. The summed E-state index contributed by atoms with van der Waals surface area (Å²) in [6.07, 6.45) is -0.0759. The molecule has 7 nitrogen and oxygen atoms in total. The fourth-order valence-corrected chi connectivity index (χ4v) is 3.82. The number of hydrogen-bond donors (Lipinski definition) is 3. The normalized spacial score (nSPS) is 14.8. The third-order valence-corrected chi connectivity index (χ3v) is 5.46. The van der Waals surface area contributed by atoms with Gasteiger partial charge < -0.3 is 16.0 Å². The molecule has 1 unspecified atom stereocenters. The second-order valence-corrected chi connectivity index (χ2v) is 8.25. The molecule has 3 N–H and O–H groups in total. The van der Waals surface area contributed by atoms with Crippen molar-refractivity contribution in [1.29, 1.82) is 0 Å². The first-order valence-electron chi connectivity index (χ1n) is 10.5. The highest BCUT2D eigenvalue weighted by Gasteiger charge is 2.34. The Bertz CT molecular complexity index is 1200. The molecule has 33 heavy (non-hydrogen) atoms. The Balaban J connectivity index is 1.48.